The summed E-state index contributed by atoms with van der Waals surface area (Å²) in [5, 5.41) is 0.395. The molecule has 0 fully saturated rings. The maximum Gasteiger partial charge on any atom is 0.248 e. The van der Waals surface area contributed by atoms with Crippen molar-refractivity contribution in [3.05, 3.63) is 100 Å². The summed E-state index contributed by atoms with van der Waals surface area (Å²) < 4.78 is 41.9. The molecule has 3 aromatic rings. The van der Waals surface area contributed by atoms with Crippen LogP contribution in [0.1, 0.15) is 21.5 Å². The summed E-state index contributed by atoms with van der Waals surface area (Å²) >= 11 is 6.21. The van der Waals surface area contributed by atoms with Crippen molar-refractivity contribution in [3.8, 4) is 0 Å². The molecular weight excluding hydrogens is 415 g/mol. The minimum absolute atomic E-state index is 0.0723. The van der Waals surface area contributed by atoms with E-state index in [1.54, 1.807) is 36.4 Å². The van der Waals surface area contributed by atoms with Crippen molar-refractivity contribution in [1.29, 1.82) is 0 Å². The molecule has 0 bridgehead atoms. The van der Waals surface area contributed by atoms with Crippen molar-refractivity contribution in [3.63, 3.8) is 0 Å². The minimum atomic E-state index is -4.19. The lowest BCUT2D eigenvalue weighted by molar-refractivity contribution is 0.1000. The molecule has 0 aliphatic rings. The Hall–Kier alpha value is -2.74. The van der Waals surface area contributed by atoms with Gasteiger partial charge < -0.3 is 5.73 Å². The molecule has 0 heterocycles. The van der Waals surface area contributed by atoms with Crippen LogP contribution >= 0.6 is 11.6 Å². The van der Waals surface area contributed by atoms with Crippen LogP contribution < -0.4 is 5.73 Å². The quantitative estimate of drug-likeness (QED) is 0.613. The normalized spacial score (nSPS) is 11.6. The maximum atomic E-state index is 14.3. The molecule has 29 heavy (non-hydrogen) atoms. The number of hydrogen-bond donors (Lipinski definition) is 1. The third-order valence-corrected chi connectivity index (χ3v) is 6.52. The number of hydrogen-bond acceptors (Lipinski definition) is 3. The van der Waals surface area contributed by atoms with Crippen molar-refractivity contribution in [2.24, 2.45) is 5.73 Å². The fourth-order valence-corrected chi connectivity index (χ4v) is 4.53. The first-order valence-electron chi connectivity index (χ1n) is 8.66. The second-order valence-electron chi connectivity index (χ2n) is 6.36. The molecule has 0 radical (unpaired) electrons. The van der Waals surface area contributed by atoms with E-state index in [4.69, 9.17) is 17.3 Å². The number of rotatable bonds is 7. The lowest BCUT2D eigenvalue weighted by Gasteiger charge is -2.23. The van der Waals surface area contributed by atoms with Gasteiger partial charge in [-0.05, 0) is 41.5 Å². The van der Waals surface area contributed by atoms with E-state index in [1.807, 2.05) is 0 Å². The van der Waals surface area contributed by atoms with Gasteiger partial charge in [0, 0.05) is 23.7 Å². The number of primary amides is 1. The highest BCUT2D eigenvalue weighted by molar-refractivity contribution is 7.89. The zero-order valence-electron chi connectivity index (χ0n) is 15.3. The summed E-state index contributed by atoms with van der Waals surface area (Å²) in [5.74, 6) is -1.47. The highest BCUT2D eigenvalue weighted by atomic mass is 35.5. The molecule has 3 rings (SSSR count). The van der Waals surface area contributed by atoms with Crippen LogP contribution in [0.15, 0.2) is 77.7 Å². The molecule has 0 aromatic heterocycles. The van der Waals surface area contributed by atoms with Gasteiger partial charge in [-0.2, -0.15) is 4.31 Å². The Bertz CT molecular complexity index is 1150. The summed E-state index contributed by atoms with van der Waals surface area (Å²) in [6.07, 6.45) is 0. The van der Waals surface area contributed by atoms with Crippen molar-refractivity contribution < 1.29 is 17.6 Å². The molecule has 5 nitrogen and oxygen atoms in total. The van der Waals surface area contributed by atoms with Gasteiger partial charge in [0.1, 0.15) is 10.7 Å². The SMILES string of the molecule is NC(=O)c1cccc(CN(Cc2ccccc2Cl)S(=O)(=O)c2ccccc2F)c1. The maximum absolute atomic E-state index is 14.3. The van der Waals surface area contributed by atoms with Crippen molar-refractivity contribution in [2.75, 3.05) is 0 Å². The Morgan fingerprint density at radius 3 is 2.34 bits per heavy atom. The number of benzene rings is 3. The summed E-state index contributed by atoms with van der Waals surface area (Å²) in [6, 6.07) is 18.3. The third-order valence-electron chi connectivity index (χ3n) is 4.33. The number of halogens is 2. The molecule has 150 valence electrons. The van der Waals surface area contributed by atoms with Gasteiger partial charge in [0.05, 0.1) is 0 Å². The fourth-order valence-electron chi connectivity index (χ4n) is 2.86. The van der Waals surface area contributed by atoms with Gasteiger partial charge >= 0.3 is 0 Å². The van der Waals surface area contributed by atoms with E-state index in [0.717, 1.165) is 10.4 Å². The first-order chi connectivity index (χ1) is 13.8. The molecule has 0 saturated heterocycles. The predicted molar refractivity (Wildman–Crippen MR) is 109 cm³/mol. The molecule has 1 amide bonds. The van der Waals surface area contributed by atoms with E-state index >= 15 is 0 Å². The average molecular weight is 433 g/mol. The van der Waals surface area contributed by atoms with Crippen LogP contribution in [-0.2, 0) is 23.1 Å². The van der Waals surface area contributed by atoms with Crippen LogP contribution in [0.25, 0.3) is 0 Å². The minimum Gasteiger partial charge on any atom is -0.366 e. The standard InChI is InChI=1S/C21H18ClFN2O3S/c22-18-9-2-1-7-17(18)14-25(13-15-6-5-8-16(12-15)21(24)26)29(27,28)20-11-4-3-10-19(20)23/h1-12H,13-14H2,(H2,24,26). The van der Waals surface area contributed by atoms with Crippen LogP contribution in [-0.4, -0.2) is 18.6 Å². The van der Waals surface area contributed by atoms with E-state index in [-0.39, 0.29) is 18.7 Å². The highest BCUT2D eigenvalue weighted by Gasteiger charge is 2.28. The van der Waals surface area contributed by atoms with Gasteiger partial charge in [-0.15, -0.1) is 0 Å². The largest absolute Gasteiger partial charge is 0.366 e. The Morgan fingerprint density at radius 2 is 1.66 bits per heavy atom. The first kappa shape index (κ1) is 21.0. The van der Waals surface area contributed by atoms with Crippen LogP contribution in [0.3, 0.4) is 0 Å². The molecule has 0 aliphatic carbocycles. The second kappa shape index (κ2) is 8.73. The molecule has 0 unspecified atom stereocenters. The average Bonchev–Trinajstić information content (AvgIpc) is 2.69. The zero-order valence-corrected chi connectivity index (χ0v) is 16.8. The van der Waals surface area contributed by atoms with Crippen LogP contribution in [0.2, 0.25) is 5.02 Å². The van der Waals surface area contributed by atoms with E-state index in [1.165, 1.54) is 30.3 Å². The summed E-state index contributed by atoms with van der Waals surface area (Å²) in [7, 11) is -4.19. The van der Waals surface area contributed by atoms with Gasteiger partial charge in [-0.3, -0.25) is 4.79 Å². The van der Waals surface area contributed by atoms with Crippen molar-refractivity contribution >= 4 is 27.5 Å². The van der Waals surface area contributed by atoms with Crippen molar-refractivity contribution in [1.82, 2.24) is 4.31 Å². The summed E-state index contributed by atoms with van der Waals surface area (Å²) in [4.78, 5) is 11.0. The zero-order chi connectivity index (χ0) is 21.0. The number of nitrogens with two attached hydrogens (primary N) is 1. The topological polar surface area (TPSA) is 80.5 Å². The second-order valence-corrected chi connectivity index (χ2v) is 8.67. The molecule has 3 aromatic carbocycles. The number of amides is 1. The number of carbonyl (C=O) groups is 1. The van der Waals surface area contributed by atoms with Crippen LogP contribution in [0, 0.1) is 5.82 Å². The highest BCUT2D eigenvalue weighted by Crippen LogP contribution is 2.26. The number of sulfonamides is 1. The first-order valence-corrected chi connectivity index (χ1v) is 10.5. The number of nitrogens with zero attached hydrogens (tertiary/aromatic N) is 1. The van der Waals surface area contributed by atoms with Crippen LogP contribution in [0.5, 0.6) is 0 Å². The molecular formula is C21H18ClFN2O3S. The van der Waals surface area contributed by atoms with Gasteiger partial charge in [-0.25, -0.2) is 12.8 Å². The Labute approximate surface area is 173 Å². The predicted octanol–water partition coefficient (Wildman–Crippen LogP) is 3.97. The Kier molecular flexibility index (Phi) is 6.32. The Morgan fingerprint density at radius 1 is 0.966 bits per heavy atom. The van der Waals surface area contributed by atoms with E-state index in [0.29, 0.717) is 16.1 Å². The monoisotopic (exact) mass is 432 g/mol. The molecule has 0 aliphatic heterocycles. The third kappa shape index (κ3) is 4.82. The molecule has 2 N–H and O–H groups in total. The lowest BCUT2D eigenvalue weighted by Crippen LogP contribution is -2.31. The number of carbonyl (C=O) groups excluding carboxylic acids is 1. The smallest absolute Gasteiger partial charge is 0.248 e. The Balaban J connectivity index is 2.04. The van der Waals surface area contributed by atoms with E-state index < -0.39 is 26.6 Å². The fraction of sp³-hybridized carbons (Fsp3) is 0.0952. The van der Waals surface area contributed by atoms with Gasteiger partial charge in [-0.1, -0.05) is 54.1 Å². The van der Waals surface area contributed by atoms with E-state index in [2.05, 4.69) is 0 Å². The van der Waals surface area contributed by atoms with E-state index in [9.17, 15) is 17.6 Å². The molecule has 0 atom stereocenters. The lowest BCUT2D eigenvalue weighted by atomic mass is 10.1. The molecule has 0 spiro atoms. The molecule has 0 saturated carbocycles. The van der Waals surface area contributed by atoms with Gasteiger partial charge in [0.25, 0.3) is 0 Å². The van der Waals surface area contributed by atoms with Gasteiger partial charge in [0.15, 0.2) is 0 Å². The summed E-state index contributed by atoms with van der Waals surface area (Å²) in [5.41, 5.74) is 6.67. The van der Waals surface area contributed by atoms with Crippen LogP contribution in [0.4, 0.5) is 4.39 Å². The van der Waals surface area contributed by atoms with Crippen molar-refractivity contribution in [2.45, 2.75) is 18.0 Å². The van der Waals surface area contributed by atoms with Gasteiger partial charge in [0.2, 0.25) is 15.9 Å². The summed E-state index contributed by atoms with van der Waals surface area (Å²) in [6.45, 7) is -0.167. The molecule has 8 heteroatoms.